The molecule has 0 bridgehead atoms. The molecule has 2 atom stereocenters. The van der Waals surface area contributed by atoms with Crippen LogP contribution in [0.3, 0.4) is 0 Å². The van der Waals surface area contributed by atoms with Gasteiger partial charge in [0.2, 0.25) is 11.9 Å². The van der Waals surface area contributed by atoms with Crippen LogP contribution in [0.5, 0.6) is 11.5 Å². The number of methoxy groups -OCH3 is 2. The standard InChI is InChI=1S/C41H50N7O8P/c1-28(2)48(29(3)4)57(55-23-11-22-42)56-25-36(53-27-47-26-43-38-37(47)39(50)46-40(45-38)44-30(5)49)24-54-41(31-12-9-8-10-13-31,32-14-18-34(51-6)19-15-32)33-16-20-35(52-7)21-17-33/h8-10,12-21,26,28-29,36H,11,23-25,27H2,1-7H3,(H2,44,45,46,49,50)/t36-,57?/m1/s1. The van der Waals surface area contributed by atoms with E-state index >= 15 is 0 Å². The van der Waals surface area contributed by atoms with Crippen molar-refractivity contribution in [2.75, 3.05) is 39.4 Å². The first-order valence-corrected chi connectivity index (χ1v) is 19.7. The molecule has 2 heterocycles. The van der Waals surface area contributed by atoms with Gasteiger partial charge in [-0.05, 0) is 68.7 Å². The highest BCUT2D eigenvalue weighted by atomic mass is 31.2. The number of rotatable bonds is 21. The molecule has 16 heteroatoms. The van der Waals surface area contributed by atoms with Gasteiger partial charge in [0.05, 0.1) is 52.9 Å². The number of nitrogens with one attached hydrogen (secondary N) is 2. The van der Waals surface area contributed by atoms with Crippen molar-refractivity contribution in [2.24, 2.45) is 0 Å². The van der Waals surface area contributed by atoms with Gasteiger partial charge in [-0.2, -0.15) is 10.2 Å². The average Bonchev–Trinajstić information content (AvgIpc) is 3.62. The second kappa shape index (κ2) is 20.3. The largest absolute Gasteiger partial charge is 0.497 e. The lowest BCUT2D eigenvalue weighted by atomic mass is 9.80. The van der Waals surface area contributed by atoms with Crippen LogP contribution in [0, 0.1) is 11.3 Å². The Morgan fingerprint density at radius 1 is 0.912 bits per heavy atom. The van der Waals surface area contributed by atoms with E-state index < -0.39 is 25.8 Å². The molecule has 0 fully saturated rings. The lowest BCUT2D eigenvalue weighted by Gasteiger charge is -2.38. The van der Waals surface area contributed by atoms with Crippen LogP contribution in [-0.4, -0.2) is 82.3 Å². The molecule has 5 rings (SSSR count). The summed E-state index contributed by atoms with van der Waals surface area (Å²) in [4.78, 5) is 36.0. The molecule has 0 saturated carbocycles. The van der Waals surface area contributed by atoms with Crippen LogP contribution < -0.4 is 20.3 Å². The second-order valence-electron chi connectivity index (χ2n) is 13.6. The SMILES string of the molecule is COc1ccc(C(OC[C@H](COP(OCCC#N)N(C(C)C)C(C)C)OCn2cnc3nc(NC(C)=O)[nH]c(=O)c32)(c2ccccc2)c2ccc(OC)cc2)cc1. The summed E-state index contributed by atoms with van der Waals surface area (Å²) in [6, 6.07) is 27.6. The number of aromatic amines is 1. The van der Waals surface area contributed by atoms with Gasteiger partial charge in [0.1, 0.15) is 29.9 Å². The molecule has 302 valence electrons. The molecule has 2 N–H and O–H groups in total. The number of ether oxygens (including phenoxy) is 4. The Balaban J connectivity index is 1.55. The number of amides is 1. The minimum atomic E-state index is -1.63. The molecule has 57 heavy (non-hydrogen) atoms. The fourth-order valence-electron chi connectivity index (χ4n) is 6.39. The highest BCUT2D eigenvalue weighted by Gasteiger charge is 2.39. The van der Waals surface area contributed by atoms with Crippen LogP contribution in [0.1, 0.15) is 57.7 Å². The number of fused-ring (bicyclic) bond motifs is 1. The average molecular weight is 800 g/mol. The van der Waals surface area contributed by atoms with Gasteiger partial charge in [-0.15, -0.1) is 0 Å². The number of carbonyl (C=O) groups is 1. The Morgan fingerprint density at radius 2 is 1.51 bits per heavy atom. The lowest BCUT2D eigenvalue weighted by molar-refractivity contribution is -0.114. The monoisotopic (exact) mass is 799 g/mol. The van der Waals surface area contributed by atoms with Gasteiger partial charge >= 0.3 is 0 Å². The third-order valence-electron chi connectivity index (χ3n) is 8.92. The second-order valence-corrected chi connectivity index (χ2v) is 15.0. The summed E-state index contributed by atoms with van der Waals surface area (Å²) in [6.07, 6.45) is 0.917. The molecule has 2 aromatic heterocycles. The van der Waals surface area contributed by atoms with Crippen LogP contribution in [0.2, 0.25) is 0 Å². The van der Waals surface area contributed by atoms with Crippen LogP contribution in [-0.2, 0) is 35.6 Å². The van der Waals surface area contributed by atoms with E-state index in [4.69, 9.17) is 28.0 Å². The Labute approximate surface area is 333 Å². The van der Waals surface area contributed by atoms with Crippen molar-refractivity contribution in [3.8, 4) is 17.6 Å². The Morgan fingerprint density at radius 3 is 2.05 bits per heavy atom. The summed E-state index contributed by atoms with van der Waals surface area (Å²) in [5.41, 5.74) is 1.17. The summed E-state index contributed by atoms with van der Waals surface area (Å²) in [5.74, 6) is 0.987. The maximum atomic E-state index is 13.2. The van der Waals surface area contributed by atoms with Crippen LogP contribution >= 0.6 is 8.53 Å². The summed E-state index contributed by atoms with van der Waals surface area (Å²) < 4.78 is 41.2. The smallest absolute Gasteiger partial charge is 0.278 e. The Bertz CT molecular complexity index is 2080. The molecule has 15 nitrogen and oxygen atoms in total. The zero-order chi connectivity index (χ0) is 41.0. The van der Waals surface area contributed by atoms with E-state index in [9.17, 15) is 14.9 Å². The van der Waals surface area contributed by atoms with Crippen molar-refractivity contribution in [3.63, 3.8) is 0 Å². The van der Waals surface area contributed by atoms with E-state index in [2.05, 4.69) is 58.7 Å². The van der Waals surface area contributed by atoms with Crippen molar-refractivity contribution in [1.29, 1.82) is 5.26 Å². The van der Waals surface area contributed by atoms with Crippen molar-refractivity contribution < 1.29 is 32.8 Å². The molecular formula is C41H50N7O8P. The third-order valence-corrected chi connectivity index (χ3v) is 11.0. The highest BCUT2D eigenvalue weighted by Crippen LogP contribution is 2.47. The number of aromatic nitrogens is 4. The van der Waals surface area contributed by atoms with Gasteiger partial charge < -0.3 is 32.6 Å². The van der Waals surface area contributed by atoms with E-state index in [0.29, 0.717) is 11.5 Å². The number of hydrogen-bond donors (Lipinski definition) is 2. The van der Waals surface area contributed by atoms with Gasteiger partial charge in [-0.3, -0.25) is 19.9 Å². The van der Waals surface area contributed by atoms with Crippen LogP contribution in [0.25, 0.3) is 11.2 Å². The molecule has 0 aliphatic carbocycles. The molecule has 0 radical (unpaired) electrons. The molecule has 0 aliphatic rings. The number of anilines is 1. The van der Waals surface area contributed by atoms with E-state index in [-0.39, 0.29) is 68.1 Å². The van der Waals surface area contributed by atoms with E-state index in [1.807, 2.05) is 78.9 Å². The van der Waals surface area contributed by atoms with Crippen LogP contribution in [0.15, 0.2) is 90.0 Å². The minimum absolute atomic E-state index is 0.00555. The topological polar surface area (TPSA) is 175 Å². The third kappa shape index (κ3) is 10.6. The molecule has 3 aromatic carbocycles. The number of benzene rings is 3. The number of carbonyl (C=O) groups excluding carboxylic acids is 1. The minimum Gasteiger partial charge on any atom is -0.497 e. The molecule has 1 amide bonds. The van der Waals surface area contributed by atoms with Crippen molar-refractivity contribution >= 4 is 31.5 Å². The number of nitrogens with zero attached hydrogens (tertiary/aromatic N) is 5. The first kappa shape index (κ1) is 42.9. The van der Waals surface area contributed by atoms with Crippen LogP contribution in [0.4, 0.5) is 5.95 Å². The quantitative estimate of drug-likeness (QED) is 0.0455. The maximum absolute atomic E-state index is 13.2. The molecule has 5 aromatic rings. The molecule has 0 saturated heterocycles. The molecule has 0 spiro atoms. The fourth-order valence-corrected chi connectivity index (χ4v) is 8.03. The van der Waals surface area contributed by atoms with Gasteiger partial charge in [-0.25, -0.2) is 9.65 Å². The van der Waals surface area contributed by atoms with Gasteiger partial charge in [0.15, 0.2) is 11.2 Å². The van der Waals surface area contributed by atoms with Crippen molar-refractivity contribution in [1.82, 2.24) is 24.2 Å². The normalized spacial score (nSPS) is 12.9. The van der Waals surface area contributed by atoms with E-state index in [1.165, 1.54) is 17.8 Å². The summed E-state index contributed by atoms with van der Waals surface area (Å²) in [6.45, 7) is 9.69. The number of H-pyrrole nitrogens is 1. The van der Waals surface area contributed by atoms with Gasteiger partial charge in [-0.1, -0.05) is 54.6 Å². The Kier molecular flexibility index (Phi) is 15.3. The number of nitriles is 1. The zero-order valence-electron chi connectivity index (χ0n) is 33.3. The van der Waals surface area contributed by atoms with E-state index in [0.717, 1.165) is 16.7 Å². The maximum Gasteiger partial charge on any atom is 0.278 e. The van der Waals surface area contributed by atoms with Gasteiger partial charge in [0.25, 0.3) is 14.1 Å². The fraction of sp³-hybridized carbons (Fsp3) is 0.390. The van der Waals surface area contributed by atoms with Crippen molar-refractivity contribution in [3.05, 3.63) is 112 Å². The number of hydrogen-bond acceptors (Lipinski definition) is 12. The van der Waals surface area contributed by atoms with E-state index in [1.54, 1.807) is 14.2 Å². The molecule has 0 aliphatic heterocycles. The predicted molar refractivity (Wildman–Crippen MR) is 217 cm³/mol. The Hall–Kier alpha value is -5.20. The summed E-state index contributed by atoms with van der Waals surface area (Å²) in [5, 5.41) is 11.8. The summed E-state index contributed by atoms with van der Waals surface area (Å²) in [7, 11) is 1.61. The molecule has 1 unspecified atom stereocenters. The molecular weight excluding hydrogens is 749 g/mol. The highest BCUT2D eigenvalue weighted by molar-refractivity contribution is 7.44. The first-order valence-electron chi connectivity index (χ1n) is 18.5. The number of imidazole rings is 1. The lowest BCUT2D eigenvalue weighted by Crippen LogP contribution is -2.38. The summed E-state index contributed by atoms with van der Waals surface area (Å²) >= 11 is 0. The van der Waals surface area contributed by atoms with Gasteiger partial charge in [0, 0.05) is 19.0 Å². The zero-order valence-corrected chi connectivity index (χ0v) is 34.2. The first-order chi connectivity index (χ1) is 27.5. The predicted octanol–water partition coefficient (Wildman–Crippen LogP) is 6.74. The van der Waals surface area contributed by atoms with Crippen molar-refractivity contribution in [2.45, 2.75) is 71.6 Å².